The van der Waals surface area contributed by atoms with Gasteiger partial charge in [-0.05, 0) is 24.6 Å². The lowest BCUT2D eigenvalue weighted by molar-refractivity contribution is 0.194. The summed E-state index contributed by atoms with van der Waals surface area (Å²) >= 11 is 0. The maximum atomic E-state index is 11.8. The van der Waals surface area contributed by atoms with E-state index in [4.69, 9.17) is 4.74 Å². The fraction of sp³-hybridized carbons (Fsp3) is 0.250. The minimum absolute atomic E-state index is 0.295. The third kappa shape index (κ3) is 3.85. The molecule has 0 unspecified atom stereocenters. The van der Waals surface area contributed by atoms with Crippen LogP contribution in [-0.4, -0.2) is 46.5 Å². The molecule has 24 heavy (non-hydrogen) atoms. The molecule has 3 aromatic heterocycles. The number of carbonyl (C=O) groups is 1. The standard InChI is InChI=1S/C16H18N6O2/c1-24-6-2-5-17-16(23)22-15-4-3-13-14(21-15)7-11(8-18-13)12-9-19-20-10-12/h3-4,7-10H,2,5-6H2,1H3,(H,19,20)(H2,17,21,22,23). The predicted octanol–water partition coefficient (Wildman–Crippen LogP) is 2.18. The Labute approximate surface area is 138 Å². The number of aromatic amines is 1. The normalized spacial score (nSPS) is 10.7. The minimum atomic E-state index is -0.295. The number of rotatable bonds is 6. The maximum absolute atomic E-state index is 11.8. The highest BCUT2D eigenvalue weighted by Gasteiger charge is 2.06. The number of nitrogens with one attached hydrogen (secondary N) is 3. The van der Waals surface area contributed by atoms with Crippen LogP contribution >= 0.6 is 0 Å². The topological polar surface area (TPSA) is 105 Å². The molecule has 8 heteroatoms. The van der Waals surface area contributed by atoms with Gasteiger partial charge in [-0.2, -0.15) is 5.10 Å². The first-order valence-electron chi connectivity index (χ1n) is 7.56. The number of H-pyrrole nitrogens is 1. The zero-order chi connectivity index (χ0) is 16.8. The molecule has 0 atom stereocenters. The number of pyridine rings is 2. The molecule has 0 saturated heterocycles. The fourth-order valence-electron chi connectivity index (χ4n) is 2.22. The molecule has 0 fully saturated rings. The highest BCUT2D eigenvalue weighted by Crippen LogP contribution is 2.21. The summed E-state index contributed by atoms with van der Waals surface area (Å²) < 4.78 is 4.93. The van der Waals surface area contributed by atoms with Crippen molar-refractivity contribution in [3.8, 4) is 11.1 Å². The van der Waals surface area contributed by atoms with Gasteiger partial charge in [0.15, 0.2) is 0 Å². The van der Waals surface area contributed by atoms with Gasteiger partial charge in [0.2, 0.25) is 0 Å². The number of urea groups is 1. The summed E-state index contributed by atoms with van der Waals surface area (Å²) in [6, 6.07) is 5.16. The molecule has 3 rings (SSSR count). The van der Waals surface area contributed by atoms with Crippen molar-refractivity contribution in [1.29, 1.82) is 0 Å². The molecule has 124 valence electrons. The second-order valence-corrected chi connectivity index (χ2v) is 5.17. The lowest BCUT2D eigenvalue weighted by atomic mass is 10.1. The molecule has 0 aromatic carbocycles. The SMILES string of the molecule is COCCCNC(=O)Nc1ccc2ncc(-c3cn[nH]c3)cc2n1. The van der Waals surface area contributed by atoms with E-state index in [0.717, 1.165) is 23.1 Å². The number of methoxy groups -OCH3 is 1. The first-order chi connectivity index (χ1) is 11.8. The van der Waals surface area contributed by atoms with Crippen LogP contribution in [0.1, 0.15) is 6.42 Å². The van der Waals surface area contributed by atoms with Crippen LogP contribution in [0.15, 0.2) is 36.8 Å². The van der Waals surface area contributed by atoms with Crippen molar-refractivity contribution in [2.45, 2.75) is 6.42 Å². The molecule has 0 saturated carbocycles. The van der Waals surface area contributed by atoms with Crippen molar-refractivity contribution in [3.05, 3.63) is 36.8 Å². The second-order valence-electron chi connectivity index (χ2n) is 5.17. The van der Waals surface area contributed by atoms with Crippen LogP contribution in [0.25, 0.3) is 22.2 Å². The van der Waals surface area contributed by atoms with E-state index in [9.17, 15) is 4.79 Å². The zero-order valence-electron chi connectivity index (χ0n) is 13.2. The summed E-state index contributed by atoms with van der Waals surface area (Å²) in [6.45, 7) is 1.15. The average Bonchev–Trinajstić information content (AvgIpc) is 3.13. The summed E-state index contributed by atoms with van der Waals surface area (Å²) in [5, 5.41) is 12.2. The smallest absolute Gasteiger partial charge is 0.320 e. The van der Waals surface area contributed by atoms with Gasteiger partial charge in [-0.1, -0.05) is 0 Å². The van der Waals surface area contributed by atoms with Gasteiger partial charge in [-0.3, -0.25) is 15.4 Å². The van der Waals surface area contributed by atoms with Gasteiger partial charge in [0.1, 0.15) is 5.82 Å². The molecular weight excluding hydrogens is 308 g/mol. The fourth-order valence-corrected chi connectivity index (χ4v) is 2.22. The lowest BCUT2D eigenvalue weighted by Gasteiger charge is -2.08. The van der Waals surface area contributed by atoms with Crippen molar-refractivity contribution >= 4 is 22.9 Å². The van der Waals surface area contributed by atoms with Crippen molar-refractivity contribution in [2.75, 3.05) is 25.6 Å². The van der Waals surface area contributed by atoms with Crippen LogP contribution in [0.3, 0.4) is 0 Å². The van der Waals surface area contributed by atoms with Crippen molar-refractivity contribution < 1.29 is 9.53 Å². The average molecular weight is 326 g/mol. The Bertz CT molecular complexity index is 819. The molecule has 0 radical (unpaired) electrons. The van der Waals surface area contributed by atoms with Gasteiger partial charge in [-0.25, -0.2) is 9.78 Å². The molecule has 0 aliphatic carbocycles. The number of fused-ring (bicyclic) bond motifs is 1. The first kappa shape index (κ1) is 15.9. The van der Waals surface area contributed by atoms with Gasteiger partial charge in [0.25, 0.3) is 0 Å². The summed E-state index contributed by atoms with van der Waals surface area (Å²) in [7, 11) is 1.63. The highest BCUT2D eigenvalue weighted by atomic mass is 16.5. The molecular formula is C16H18N6O2. The molecule has 0 aliphatic rings. The Morgan fingerprint density at radius 1 is 1.25 bits per heavy atom. The van der Waals surface area contributed by atoms with Crippen LogP contribution in [0.2, 0.25) is 0 Å². The summed E-state index contributed by atoms with van der Waals surface area (Å²) in [4.78, 5) is 20.7. The highest BCUT2D eigenvalue weighted by molar-refractivity contribution is 5.90. The number of aromatic nitrogens is 4. The minimum Gasteiger partial charge on any atom is -0.385 e. The third-order valence-electron chi connectivity index (χ3n) is 3.42. The zero-order valence-corrected chi connectivity index (χ0v) is 13.2. The number of amides is 2. The molecule has 2 amide bonds. The Balaban J connectivity index is 1.71. The van der Waals surface area contributed by atoms with E-state index in [0.29, 0.717) is 24.5 Å². The van der Waals surface area contributed by atoms with Crippen LogP contribution in [-0.2, 0) is 4.74 Å². The van der Waals surface area contributed by atoms with Gasteiger partial charge >= 0.3 is 6.03 Å². The van der Waals surface area contributed by atoms with Crippen LogP contribution in [0.4, 0.5) is 10.6 Å². The lowest BCUT2D eigenvalue weighted by Crippen LogP contribution is -2.30. The van der Waals surface area contributed by atoms with E-state index in [1.54, 1.807) is 31.8 Å². The molecule has 0 aliphatic heterocycles. The van der Waals surface area contributed by atoms with E-state index in [1.807, 2.05) is 12.1 Å². The largest absolute Gasteiger partial charge is 0.385 e. The number of hydrogen-bond donors (Lipinski definition) is 3. The maximum Gasteiger partial charge on any atom is 0.320 e. The Morgan fingerprint density at radius 3 is 2.96 bits per heavy atom. The van der Waals surface area contributed by atoms with E-state index in [1.165, 1.54) is 0 Å². The van der Waals surface area contributed by atoms with Gasteiger partial charge in [-0.15, -0.1) is 0 Å². The van der Waals surface area contributed by atoms with Crippen molar-refractivity contribution in [2.24, 2.45) is 0 Å². The second kappa shape index (κ2) is 7.51. The third-order valence-corrected chi connectivity index (χ3v) is 3.42. The number of ether oxygens (including phenoxy) is 1. The number of hydrogen-bond acceptors (Lipinski definition) is 5. The quantitative estimate of drug-likeness (QED) is 0.602. The Morgan fingerprint density at radius 2 is 2.17 bits per heavy atom. The van der Waals surface area contributed by atoms with Gasteiger partial charge < -0.3 is 10.1 Å². The van der Waals surface area contributed by atoms with E-state index >= 15 is 0 Å². The van der Waals surface area contributed by atoms with E-state index < -0.39 is 0 Å². The van der Waals surface area contributed by atoms with Crippen molar-refractivity contribution in [1.82, 2.24) is 25.5 Å². The Kier molecular flexibility index (Phi) is 4.97. The van der Waals surface area contributed by atoms with Gasteiger partial charge in [0, 0.05) is 43.8 Å². The predicted molar refractivity (Wildman–Crippen MR) is 90.6 cm³/mol. The van der Waals surface area contributed by atoms with Crippen molar-refractivity contribution in [3.63, 3.8) is 0 Å². The van der Waals surface area contributed by atoms with E-state index in [2.05, 4.69) is 30.8 Å². The first-order valence-corrected chi connectivity index (χ1v) is 7.56. The number of carbonyl (C=O) groups excluding carboxylic acids is 1. The molecule has 0 spiro atoms. The molecule has 3 heterocycles. The van der Waals surface area contributed by atoms with Gasteiger partial charge in [0.05, 0.1) is 17.2 Å². The monoisotopic (exact) mass is 326 g/mol. The number of anilines is 1. The molecule has 3 N–H and O–H groups in total. The summed E-state index contributed by atoms with van der Waals surface area (Å²) in [5.41, 5.74) is 3.30. The molecule has 8 nitrogen and oxygen atoms in total. The van der Waals surface area contributed by atoms with Crippen LogP contribution in [0, 0.1) is 0 Å². The summed E-state index contributed by atoms with van der Waals surface area (Å²) in [5.74, 6) is 0.470. The van der Waals surface area contributed by atoms with E-state index in [-0.39, 0.29) is 6.03 Å². The summed E-state index contributed by atoms with van der Waals surface area (Å²) in [6.07, 6.45) is 6.04. The Hall–Kier alpha value is -3.00. The molecule has 3 aromatic rings. The van der Waals surface area contributed by atoms with Crippen LogP contribution < -0.4 is 10.6 Å². The molecule has 0 bridgehead atoms. The number of nitrogens with zero attached hydrogens (tertiary/aromatic N) is 3. The van der Waals surface area contributed by atoms with Crippen LogP contribution in [0.5, 0.6) is 0 Å².